The third-order valence-corrected chi connectivity index (χ3v) is 5.29. The second-order valence-corrected chi connectivity index (χ2v) is 8.66. The molecule has 0 bridgehead atoms. The zero-order chi connectivity index (χ0) is 19.3. The SMILES string of the molecule is CNNCCSSCOCCCCC(=O)NCCOC/C=C/BC(C)C. The van der Waals surface area contributed by atoms with Crippen molar-refractivity contribution in [3.63, 3.8) is 0 Å². The van der Waals surface area contributed by atoms with Gasteiger partial charge in [0.25, 0.3) is 0 Å². The highest BCUT2D eigenvalue weighted by Crippen LogP contribution is 2.20. The molecule has 0 aliphatic heterocycles. The lowest BCUT2D eigenvalue weighted by Gasteiger charge is -2.06. The smallest absolute Gasteiger partial charge is 0.220 e. The van der Waals surface area contributed by atoms with Gasteiger partial charge in [0, 0.05) is 31.9 Å². The minimum atomic E-state index is 0.0888. The van der Waals surface area contributed by atoms with E-state index in [0.29, 0.717) is 44.5 Å². The number of unbranched alkanes of at least 4 members (excludes halogenated alkanes) is 1. The first-order valence-electron chi connectivity index (χ1n) is 9.38. The summed E-state index contributed by atoms with van der Waals surface area (Å²) in [6.45, 7) is 7.77. The van der Waals surface area contributed by atoms with E-state index in [4.69, 9.17) is 9.47 Å². The van der Waals surface area contributed by atoms with Crippen molar-refractivity contribution in [3.05, 3.63) is 12.1 Å². The van der Waals surface area contributed by atoms with Crippen molar-refractivity contribution in [2.75, 3.05) is 51.6 Å². The molecular weight excluding hydrogens is 369 g/mol. The predicted molar refractivity (Wildman–Crippen MR) is 117 cm³/mol. The van der Waals surface area contributed by atoms with Gasteiger partial charge in [-0.05, 0) is 19.9 Å². The van der Waals surface area contributed by atoms with Gasteiger partial charge in [0.15, 0.2) is 0 Å². The molecule has 3 N–H and O–H groups in total. The Balaban J connectivity index is 3.21. The molecule has 9 heteroatoms. The molecule has 6 nitrogen and oxygen atoms in total. The highest BCUT2D eigenvalue weighted by atomic mass is 33.1. The predicted octanol–water partition coefficient (Wildman–Crippen LogP) is 2.15. The molecule has 0 unspecified atom stereocenters. The molecule has 0 saturated carbocycles. The van der Waals surface area contributed by atoms with Crippen molar-refractivity contribution < 1.29 is 14.3 Å². The number of nitrogens with one attached hydrogen (secondary N) is 3. The Hall–Kier alpha value is -0.185. The summed E-state index contributed by atoms with van der Waals surface area (Å²) < 4.78 is 11.0. The van der Waals surface area contributed by atoms with Gasteiger partial charge in [0.05, 0.1) is 13.2 Å². The number of ether oxygens (including phenoxy) is 2. The van der Waals surface area contributed by atoms with Crippen LogP contribution in [0.15, 0.2) is 12.1 Å². The number of hydrogen-bond acceptors (Lipinski definition) is 7. The Bertz CT molecular complexity index is 351. The van der Waals surface area contributed by atoms with E-state index in [1.807, 2.05) is 13.1 Å². The Morgan fingerprint density at radius 2 is 2.00 bits per heavy atom. The standard InChI is InChI=1S/C17H36BN3O3S2/c1-16(2)18-8-6-12-23-13-9-20-17(22)7-4-5-11-24-15-26-25-14-10-21-19-3/h6,8,16,18-19,21H,4-5,7,9-15H2,1-3H3,(H,20,22)/b8-6+. The molecule has 0 saturated heterocycles. The maximum atomic E-state index is 11.7. The van der Waals surface area contributed by atoms with E-state index in [0.717, 1.165) is 32.4 Å². The number of hydrazine groups is 1. The largest absolute Gasteiger partial charge is 0.376 e. The first-order valence-corrected chi connectivity index (χ1v) is 11.9. The van der Waals surface area contributed by atoms with E-state index in [1.54, 1.807) is 21.6 Å². The summed E-state index contributed by atoms with van der Waals surface area (Å²) in [5, 5.41) is 2.88. The maximum Gasteiger partial charge on any atom is 0.220 e. The second kappa shape index (κ2) is 21.1. The molecule has 152 valence electrons. The zero-order valence-corrected chi connectivity index (χ0v) is 18.2. The van der Waals surface area contributed by atoms with E-state index in [2.05, 4.69) is 36.0 Å². The fraction of sp³-hybridized carbons (Fsp3) is 0.824. The Morgan fingerprint density at radius 1 is 1.15 bits per heavy atom. The number of hydrogen-bond donors (Lipinski definition) is 3. The highest BCUT2D eigenvalue weighted by molar-refractivity contribution is 8.76. The van der Waals surface area contributed by atoms with Gasteiger partial charge in [0.1, 0.15) is 13.2 Å². The summed E-state index contributed by atoms with van der Waals surface area (Å²) in [5.41, 5.74) is 5.92. The first-order chi connectivity index (χ1) is 12.7. The van der Waals surface area contributed by atoms with Crippen LogP contribution in [-0.2, 0) is 14.3 Å². The monoisotopic (exact) mass is 405 g/mol. The molecule has 0 aliphatic rings. The molecule has 0 aromatic rings. The molecule has 0 aliphatic carbocycles. The van der Waals surface area contributed by atoms with E-state index in [1.165, 1.54) is 0 Å². The second-order valence-electron chi connectivity index (χ2n) is 6.13. The van der Waals surface area contributed by atoms with Gasteiger partial charge in [-0.1, -0.05) is 47.3 Å². The zero-order valence-electron chi connectivity index (χ0n) is 16.6. The molecule has 26 heavy (non-hydrogen) atoms. The van der Waals surface area contributed by atoms with E-state index in [-0.39, 0.29) is 5.91 Å². The van der Waals surface area contributed by atoms with Crippen molar-refractivity contribution in [2.24, 2.45) is 0 Å². The van der Waals surface area contributed by atoms with Crippen LogP contribution in [-0.4, -0.2) is 64.8 Å². The molecule has 0 radical (unpaired) electrons. The molecule has 0 rings (SSSR count). The van der Waals surface area contributed by atoms with Gasteiger partial charge in [-0.3, -0.25) is 15.6 Å². The lowest BCUT2D eigenvalue weighted by atomic mass is 9.66. The number of amides is 1. The molecule has 1 amide bonds. The van der Waals surface area contributed by atoms with Crippen LogP contribution in [0.3, 0.4) is 0 Å². The molecule has 0 spiro atoms. The van der Waals surface area contributed by atoms with E-state index >= 15 is 0 Å². The third-order valence-electron chi connectivity index (χ3n) is 3.20. The lowest BCUT2D eigenvalue weighted by Crippen LogP contribution is -2.29. The lowest BCUT2D eigenvalue weighted by molar-refractivity contribution is -0.121. The molecule has 0 fully saturated rings. The van der Waals surface area contributed by atoms with Gasteiger partial charge in [-0.2, -0.15) is 0 Å². The maximum absolute atomic E-state index is 11.7. The summed E-state index contributed by atoms with van der Waals surface area (Å²) in [4.78, 5) is 11.7. The van der Waals surface area contributed by atoms with Crippen LogP contribution in [0.4, 0.5) is 0 Å². The van der Waals surface area contributed by atoms with Gasteiger partial charge in [-0.15, -0.1) is 5.98 Å². The molecule has 0 aromatic carbocycles. The average Bonchev–Trinajstić information content (AvgIpc) is 2.61. The topological polar surface area (TPSA) is 71.6 Å². The Morgan fingerprint density at radius 3 is 2.77 bits per heavy atom. The van der Waals surface area contributed by atoms with Crippen molar-refractivity contribution in [1.29, 1.82) is 0 Å². The summed E-state index contributed by atoms with van der Waals surface area (Å²) >= 11 is 0. The van der Waals surface area contributed by atoms with Gasteiger partial charge >= 0.3 is 0 Å². The van der Waals surface area contributed by atoms with Crippen LogP contribution in [0, 0.1) is 0 Å². The molecule has 0 heterocycles. The quantitative estimate of drug-likeness (QED) is 0.100. The van der Waals surface area contributed by atoms with Crippen molar-refractivity contribution in [2.45, 2.75) is 38.9 Å². The molecular formula is C17H36BN3O3S2. The minimum absolute atomic E-state index is 0.0888. The Kier molecular flexibility index (Phi) is 21.0. The van der Waals surface area contributed by atoms with Crippen molar-refractivity contribution in [3.8, 4) is 0 Å². The van der Waals surface area contributed by atoms with Gasteiger partial charge in [0.2, 0.25) is 5.91 Å². The fourth-order valence-electron chi connectivity index (χ4n) is 1.83. The number of carbonyl (C=O) groups excluding carboxylic acids is 1. The summed E-state index contributed by atoms with van der Waals surface area (Å²) in [6.07, 6.45) is 4.36. The van der Waals surface area contributed by atoms with Crippen molar-refractivity contribution in [1.82, 2.24) is 16.2 Å². The number of rotatable bonds is 19. The van der Waals surface area contributed by atoms with Crippen LogP contribution < -0.4 is 16.2 Å². The van der Waals surface area contributed by atoms with E-state index in [9.17, 15) is 4.79 Å². The molecule has 0 aromatic heterocycles. The van der Waals surface area contributed by atoms with Crippen molar-refractivity contribution >= 4 is 34.8 Å². The first kappa shape index (κ1) is 25.8. The minimum Gasteiger partial charge on any atom is -0.376 e. The van der Waals surface area contributed by atoms with Crippen LogP contribution in [0.2, 0.25) is 5.82 Å². The van der Waals surface area contributed by atoms with E-state index < -0.39 is 0 Å². The van der Waals surface area contributed by atoms with Crippen LogP contribution >= 0.6 is 21.6 Å². The summed E-state index contributed by atoms with van der Waals surface area (Å²) in [5.74, 6) is 4.64. The van der Waals surface area contributed by atoms with Gasteiger partial charge in [-0.25, -0.2) is 0 Å². The fourth-order valence-corrected chi connectivity index (χ4v) is 3.40. The van der Waals surface area contributed by atoms with Crippen LogP contribution in [0.1, 0.15) is 33.1 Å². The normalized spacial score (nSPS) is 11.4. The van der Waals surface area contributed by atoms with Crippen LogP contribution in [0.25, 0.3) is 0 Å². The summed E-state index contributed by atoms with van der Waals surface area (Å²) in [6, 6.07) is 0. The highest BCUT2D eigenvalue weighted by Gasteiger charge is 2.00. The number of carbonyl (C=O) groups is 1. The third kappa shape index (κ3) is 21.9. The summed E-state index contributed by atoms with van der Waals surface area (Å²) in [7, 11) is 6.45. The molecule has 0 atom stereocenters. The average molecular weight is 405 g/mol. The van der Waals surface area contributed by atoms with Crippen LogP contribution in [0.5, 0.6) is 0 Å². The van der Waals surface area contributed by atoms with Gasteiger partial charge < -0.3 is 14.8 Å². The Labute approximate surface area is 168 Å².